The normalized spacial score (nSPS) is 25.5. The van der Waals surface area contributed by atoms with E-state index >= 15 is 0 Å². The minimum absolute atomic E-state index is 0.398. The number of rotatable bonds is 4. The Morgan fingerprint density at radius 1 is 1.44 bits per heavy atom. The summed E-state index contributed by atoms with van der Waals surface area (Å²) in [6, 6.07) is 0.398. The van der Waals surface area contributed by atoms with Gasteiger partial charge in [0.15, 0.2) is 0 Å². The van der Waals surface area contributed by atoms with E-state index in [4.69, 9.17) is 5.73 Å². The maximum Gasteiger partial charge on any atom is 0.138 e. The van der Waals surface area contributed by atoms with Crippen LogP contribution in [0.25, 0.3) is 0 Å². The van der Waals surface area contributed by atoms with Gasteiger partial charge in [0.1, 0.15) is 12.2 Å². The zero-order valence-electron chi connectivity index (χ0n) is 10.3. The summed E-state index contributed by atoms with van der Waals surface area (Å²) in [6.45, 7) is 5.11. The molecule has 4 heteroatoms. The van der Waals surface area contributed by atoms with Crippen molar-refractivity contribution in [2.24, 2.45) is 17.6 Å². The van der Waals surface area contributed by atoms with E-state index in [1.165, 1.54) is 19.3 Å². The van der Waals surface area contributed by atoms with Gasteiger partial charge in [0.2, 0.25) is 0 Å². The highest BCUT2D eigenvalue weighted by atomic mass is 15.3. The lowest BCUT2D eigenvalue weighted by atomic mass is 9.93. The Balaban J connectivity index is 2.05. The van der Waals surface area contributed by atoms with E-state index < -0.39 is 0 Å². The van der Waals surface area contributed by atoms with Crippen molar-refractivity contribution in [1.29, 1.82) is 0 Å². The van der Waals surface area contributed by atoms with Gasteiger partial charge in [0.05, 0.1) is 0 Å². The fraction of sp³-hybridized carbons (Fsp3) is 0.833. The molecular formula is C12H22N4. The maximum absolute atomic E-state index is 5.81. The zero-order chi connectivity index (χ0) is 11.5. The molecule has 4 nitrogen and oxygen atoms in total. The van der Waals surface area contributed by atoms with Crippen LogP contribution >= 0.6 is 0 Å². The van der Waals surface area contributed by atoms with Crippen LogP contribution in [0.3, 0.4) is 0 Å². The molecular weight excluding hydrogens is 200 g/mol. The van der Waals surface area contributed by atoms with Gasteiger partial charge in [0.25, 0.3) is 0 Å². The molecule has 1 aliphatic carbocycles. The summed E-state index contributed by atoms with van der Waals surface area (Å²) in [4.78, 5) is 4.38. The van der Waals surface area contributed by atoms with E-state index in [0.29, 0.717) is 17.9 Å². The summed E-state index contributed by atoms with van der Waals surface area (Å²) in [5.41, 5.74) is 5.81. The quantitative estimate of drug-likeness (QED) is 0.844. The molecule has 0 bridgehead atoms. The largest absolute Gasteiger partial charge is 0.330 e. The molecule has 0 radical (unpaired) electrons. The summed E-state index contributed by atoms with van der Waals surface area (Å²) in [7, 11) is 0. The van der Waals surface area contributed by atoms with Crippen LogP contribution in [-0.2, 0) is 6.42 Å². The predicted molar refractivity (Wildman–Crippen MR) is 64.0 cm³/mol. The molecule has 0 saturated heterocycles. The second-order valence-corrected chi connectivity index (χ2v) is 5.11. The molecule has 1 fully saturated rings. The molecule has 90 valence electrons. The number of nitrogens with zero attached hydrogens (tertiary/aromatic N) is 3. The Hall–Kier alpha value is -0.900. The molecule has 2 rings (SSSR count). The Morgan fingerprint density at radius 3 is 2.88 bits per heavy atom. The van der Waals surface area contributed by atoms with Crippen LogP contribution in [0.15, 0.2) is 6.33 Å². The van der Waals surface area contributed by atoms with Gasteiger partial charge in [-0.25, -0.2) is 9.67 Å². The van der Waals surface area contributed by atoms with Crippen LogP contribution in [0, 0.1) is 11.8 Å². The van der Waals surface area contributed by atoms with Crippen molar-refractivity contribution in [1.82, 2.24) is 14.8 Å². The highest BCUT2D eigenvalue weighted by Crippen LogP contribution is 2.33. The smallest absolute Gasteiger partial charge is 0.138 e. The van der Waals surface area contributed by atoms with E-state index in [1.807, 2.05) is 4.68 Å². The summed E-state index contributed by atoms with van der Waals surface area (Å²) in [6.07, 6.45) is 6.62. The van der Waals surface area contributed by atoms with Gasteiger partial charge in [-0.3, -0.25) is 0 Å². The monoisotopic (exact) mass is 222 g/mol. The lowest BCUT2D eigenvalue weighted by molar-refractivity contribution is 0.373. The first-order valence-corrected chi connectivity index (χ1v) is 6.30. The molecule has 2 unspecified atom stereocenters. The number of hydrogen-bond acceptors (Lipinski definition) is 3. The van der Waals surface area contributed by atoms with Crippen molar-refractivity contribution in [2.45, 2.75) is 45.6 Å². The Bertz CT molecular complexity index is 332. The molecule has 0 aromatic carbocycles. The second-order valence-electron chi connectivity index (χ2n) is 5.11. The highest BCUT2D eigenvalue weighted by Gasteiger charge is 2.27. The molecule has 0 aliphatic heterocycles. The van der Waals surface area contributed by atoms with Crippen LogP contribution in [0.5, 0.6) is 0 Å². The molecule has 2 N–H and O–H groups in total. The SMILES string of the molecule is CC(C)n1ncnc1CC1CCCC1CN. The van der Waals surface area contributed by atoms with Crippen LogP contribution in [0.1, 0.15) is 45.0 Å². The van der Waals surface area contributed by atoms with Crippen molar-refractivity contribution in [3.8, 4) is 0 Å². The van der Waals surface area contributed by atoms with E-state index in [-0.39, 0.29) is 0 Å². The van der Waals surface area contributed by atoms with E-state index in [1.54, 1.807) is 6.33 Å². The molecule has 1 heterocycles. The lowest BCUT2D eigenvalue weighted by Gasteiger charge is -2.18. The van der Waals surface area contributed by atoms with Crippen molar-refractivity contribution < 1.29 is 0 Å². The molecule has 1 aromatic heterocycles. The lowest BCUT2D eigenvalue weighted by Crippen LogP contribution is -2.22. The van der Waals surface area contributed by atoms with Crippen LogP contribution < -0.4 is 5.73 Å². The van der Waals surface area contributed by atoms with Gasteiger partial charge in [-0.15, -0.1) is 0 Å². The first kappa shape index (κ1) is 11.6. The highest BCUT2D eigenvalue weighted by molar-refractivity contribution is 4.92. The number of hydrogen-bond donors (Lipinski definition) is 1. The number of nitrogens with two attached hydrogens (primary N) is 1. The Morgan fingerprint density at radius 2 is 2.19 bits per heavy atom. The van der Waals surface area contributed by atoms with Gasteiger partial charge in [-0.1, -0.05) is 6.42 Å². The van der Waals surface area contributed by atoms with Crippen molar-refractivity contribution in [2.75, 3.05) is 6.54 Å². The minimum Gasteiger partial charge on any atom is -0.330 e. The fourth-order valence-corrected chi connectivity index (χ4v) is 2.78. The summed E-state index contributed by atoms with van der Waals surface area (Å²) < 4.78 is 2.03. The molecule has 1 aliphatic rings. The molecule has 16 heavy (non-hydrogen) atoms. The first-order valence-electron chi connectivity index (χ1n) is 6.30. The van der Waals surface area contributed by atoms with Gasteiger partial charge in [0, 0.05) is 12.5 Å². The average molecular weight is 222 g/mol. The standard InChI is InChI=1S/C12H22N4/c1-9(2)16-12(14-8-15-16)6-10-4-3-5-11(10)7-13/h8-11H,3-7,13H2,1-2H3. The minimum atomic E-state index is 0.398. The molecule has 1 aromatic rings. The first-order chi connectivity index (χ1) is 7.72. The topological polar surface area (TPSA) is 56.7 Å². The van der Waals surface area contributed by atoms with Gasteiger partial charge in [-0.2, -0.15) is 5.10 Å². The second kappa shape index (κ2) is 4.95. The Labute approximate surface area is 97.2 Å². The van der Waals surface area contributed by atoms with Crippen molar-refractivity contribution in [3.05, 3.63) is 12.2 Å². The summed E-state index contributed by atoms with van der Waals surface area (Å²) in [5, 5.41) is 4.28. The third-order valence-electron chi connectivity index (χ3n) is 3.70. The van der Waals surface area contributed by atoms with Gasteiger partial charge < -0.3 is 5.73 Å². The van der Waals surface area contributed by atoms with E-state index in [9.17, 15) is 0 Å². The van der Waals surface area contributed by atoms with Crippen LogP contribution in [0.4, 0.5) is 0 Å². The van der Waals surface area contributed by atoms with Gasteiger partial charge >= 0.3 is 0 Å². The van der Waals surface area contributed by atoms with Crippen LogP contribution in [-0.4, -0.2) is 21.3 Å². The molecule has 2 atom stereocenters. The third kappa shape index (κ3) is 2.26. The average Bonchev–Trinajstić information content (AvgIpc) is 2.86. The van der Waals surface area contributed by atoms with E-state index in [0.717, 1.165) is 18.8 Å². The van der Waals surface area contributed by atoms with E-state index in [2.05, 4.69) is 23.9 Å². The van der Waals surface area contributed by atoms with Crippen molar-refractivity contribution in [3.63, 3.8) is 0 Å². The Kier molecular flexibility index (Phi) is 3.59. The molecule has 1 saturated carbocycles. The van der Waals surface area contributed by atoms with Crippen molar-refractivity contribution >= 4 is 0 Å². The predicted octanol–water partition coefficient (Wildman–Crippen LogP) is 1.78. The third-order valence-corrected chi connectivity index (χ3v) is 3.70. The zero-order valence-corrected chi connectivity index (χ0v) is 10.3. The van der Waals surface area contributed by atoms with Gasteiger partial charge in [-0.05, 0) is 45.1 Å². The molecule has 0 amide bonds. The maximum atomic E-state index is 5.81. The van der Waals surface area contributed by atoms with Crippen LogP contribution in [0.2, 0.25) is 0 Å². The number of aromatic nitrogens is 3. The summed E-state index contributed by atoms with van der Waals surface area (Å²) in [5.74, 6) is 2.53. The summed E-state index contributed by atoms with van der Waals surface area (Å²) >= 11 is 0. The molecule has 0 spiro atoms. The fourth-order valence-electron chi connectivity index (χ4n) is 2.78.